The minimum absolute atomic E-state index is 1.11. The minimum Gasteiger partial charge on any atom is -0.310 e. The van der Waals surface area contributed by atoms with Crippen molar-refractivity contribution in [1.82, 2.24) is 4.57 Å². The van der Waals surface area contributed by atoms with Crippen LogP contribution in [-0.4, -0.2) is 4.57 Å². The zero-order valence-electron chi connectivity index (χ0n) is 24.1. The molecule has 0 unspecified atom stereocenters. The van der Waals surface area contributed by atoms with Crippen molar-refractivity contribution in [3.8, 4) is 5.69 Å². The number of nitrogens with zero attached hydrogens (tertiary/aromatic N) is 2. The Morgan fingerprint density at radius 3 is 1.68 bits per heavy atom. The molecule has 0 aliphatic carbocycles. The third-order valence-corrected chi connectivity index (χ3v) is 8.91. The molecule has 2 nitrogen and oxygen atoms in total. The summed E-state index contributed by atoms with van der Waals surface area (Å²) < 4.78 is 2.38. The first-order valence-corrected chi connectivity index (χ1v) is 15.1. The highest BCUT2D eigenvalue weighted by atomic mass is 15.1. The molecular formula is C42H28N2. The molecule has 8 aromatic carbocycles. The molecule has 0 aliphatic heterocycles. The lowest BCUT2D eigenvalue weighted by atomic mass is 9.96. The Morgan fingerprint density at radius 1 is 0.341 bits per heavy atom. The zero-order chi connectivity index (χ0) is 29.0. The molecule has 0 fully saturated rings. The van der Waals surface area contributed by atoms with Crippen LogP contribution in [0.1, 0.15) is 0 Å². The highest BCUT2D eigenvalue weighted by molar-refractivity contribution is 6.20. The highest BCUT2D eigenvalue weighted by Crippen LogP contribution is 2.40. The summed E-state index contributed by atoms with van der Waals surface area (Å²) >= 11 is 0. The summed E-state index contributed by atoms with van der Waals surface area (Å²) in [5, 5.41) is 10.2. The van der Waals surface area contributed by atoms with E-state index in [0.717, 1.165) is 22.7 Å². The van der Waals surface area contributed by atoms with Crippen LogP contribution in [0.5, 0.6) is 0 Å². The smallest absolute Gasteiger partial charge is 0.0541 e. The number of rotatable bonds is 4. The molecular weight excluding hydrogens is 532 g/mol. The van der Waals surface area contributed by atoms with Gasteiger partial charge in [0.1, 0.15) is 0 Å². The van der Waals surface area contributed by atoms with E-state index in [1.165, 1.54) is 54.1 Å². The standard InChI is InChI=1S/C42H28N2/c1-2-12-32(13-3-1)43(35-25-26-37-31(27-35)24-23-30-22-21-29-11-4-5-16-36(29)42(30)37)33-14-10-15-34(28-33)44-40-19-8-6-17-38(40)39-18-7-9-20-41(39)44/h1-28H. The second-order valence-corrected chi connectivity index (χ2v) is 11.4. The molecule has 44 heavy (non-hydrogen) atoms. The van der Waals surface area contributed by atoms with Gasteiger partial charge in [0, 0.05) is 33.5 Å². The van der Waals surface area contributed by atoms with Crippen molar-refractivity contribution >= 4 is 71.2 Å². The molecule has 0 saturated heterocycles. The molecule has 0 spiro atoms. The largest absolute Gasteiger partial charge is 0.310 e. The number of aromatic nitrogens is 1. The van der Waals surface area contributed by atoms with Gasteiger partial charge in [-0.2, -0.15) is 0 Å². The molecule has 0 amide bonds. The quantitative estimate of drug-likeness (QED) is 0.194. The van der Waals surface area contributed by atoms with Gasteiger partial charge in [0.25, 0.3) is 0 Å². The number of hydrogen-bond acceptors (Lipinski definition) is 1. The Balaban J connectivity index is 1.26. The van der Waals surface area contributed by atoms with Crippen LogP contribution in [0.3, 0.4) is 0 Å². The van der Waals surface area contributed by atoms with E-state index in [9.17, 15) is 0 Å². The maximum Gasteiger partial charge on any atom is 0.0541 e. The monoisotopic (exact) mass is 560 g/mol. The highest BCUT2D eigenvalue weighted by Gasteiger charge is 2.17. The van der Waals surface area contributed by atoms with Gasteiger partial charge in [-0.1, -0.05) is 115 Å². The topological polar surface area (TPSA) is 8.17 Å². The van der Waals surface area contributed by atoms with Gasteiger partial charge in [-0.15, -0.1) is 0 Å². The van der Waals surface area contributed by atoms with E-state index in [1.54, 1.807) is 0 Å². The maximum atomic E-state index is 2.38. The number of para-hydroxylation sites is 3. The molecule has 0 atom stereocenters. The summed E-state index contributed by atoms with van der Waals surface area (Å²) in [5.41, 5.74) is 6.92. The summed E-state index contributed by atoms with van der Waals surface area (Å²) in [6, 6.07) is 61.5. The van der Waals surface area contributed by atoms with Crippen LogP contribution in [0.25, 0.3) is 59.8 Å². The van der Waals surface area contributed by atoms with Crippen LogP contribution < -0.4 is 4.90 Å². The van der Waals surface area contributed by atoms with Gasteiger partial charge in [-0.05, 0) is 86.9 Å². The molecule has 0 aliphatic rings. The summed E-state index contributed by atoms with van der Waals surface area (Å²) in [4.78, 5) is 2.37. The van der Waals surface area contributed by atoms with Crippen molar-refractivity contribution in [1.29, 1.82) is 0 Å². The van der Waals surface area contributed by atoms with Crippen LogP contribution in [-0.2, 0) is 0 Å². The predicted molar refractivity (Wildman–Crippen MR) is 188 cm³/mol. The minimum atomic E-state index is 1.11. The molecule has 1 aromatic heterocycles. The number of hydrogen-bond donors (Lipinski definition) is 0. The van der Waals surface area contributed by atoms with Crippen molar-refractivity contribution in [3.63, 3.8) is 0 Å². The number of benzene rings is 8. The molecule has 9 rings (SSSR count). The lowest BCUT2D eigenvalue weighted by Crippen LogP contribution is -2.10. The van der Waals surface area contributed by atoms with Crippen LogP contribution in [0.2, 0.25) is 0 Å². The molecule has 206 valence electrons. The Morgan fingerprint density at radius 2 is 0.909 bits per heavy atom. The molecule has 0 bridgehead atoms. The van der Waals surface area contributed by atoms with E-state index >= 15 is 0 Å². The van der Waals surface area contributed by atoms with Crippen molar-refractivity contribution in [2.75, 3.05) is 4.90 Å². The van der Waals surface area contributed by atoms with E-state index in [-0.39, 0.29) is 0 Å². The van der Waals surface area contributed by atoms with Gasteiger partial charge in [-0.25, -0.2) is 0 Å². The average molecular weight is 561 g/mol. The molecule has 1 heterocycles. The normalized spacial score (nSPS) is 11.6. The first kappa shape index (κ1) is 24.7. The van der Waals surface area contributed by atoms with Crippen molar-refractivity contribution in [2.45, 2.75) is 0 Å². The fourth-order valence-electron chi connectivity index (χ4n) is 6.96. The Hall–Kier alpha value is -5.86. The summed E-state index contributed by atoms with van der Waals surface area (Å²) in [7, 11) is 0. The third-order valence-electron chi connectivity index (χ3n) is 8.91. The van der Waals surface area contributed by atoms with Gasteiger partial charge >= 0.3 is 0 Å². The first-order chi connectivity index (χ1) is 21.8. The maximum absolute atomic E-state index is 2.38. The second-order valence-electron chi connectivity index (χ2n) is 11.4. The Labute approximate surface area is 255 Å². The van der Waals surface area contributed by atoms with Gasteiger partial charge in [0.05, 0.1) is 11.0 Å². The first-order valence-electron chi connectivity index (χ1n) is 15.1. The van der Waals surface area contributed by atoms with E-state index in [1.807, 2.05) is 0 Å². The van der Waals surface area contributed by atoms with Crippen LogP contribution in [0.4, 0.5) is 17.1 Å². The van der Waals surface area contributed by atoms with E-state index in [2.05, 4.69) is 179 Å². The van der Waals surface area contributed by atoms with Crippen LogP contribution >= 0.6 is 0 Å². The van der Waals surface area contributed by atoms with E-state index in [0.29, 0.717) is 0 Å². The van der Waals surface area contributed by atoms with Crippen molar-refractivity contribution in [2.24, 2.45) is 0 Å². The zero-order valence-corrected chi connectivity index (χ0v) is 24.1. The van der Waals surface area contributed by atoms with Gasteiger partial charge in [0.15, 0.2) is 0 Å². The predicted octanol–water partition coefficient (Wildman–Crippen LogP) is 11.7. The van der Waals surface area contributed by atoms with Crippen molar-refractivity contribution < 1.29 is 0 Å². The van der Waals surface area contributed by atoms with Crippen LogP contribution in [0, 0.1) is 0 Å². The lowest BCUT2D eigenvalue weighted by Gasteiger charge is -2.26. The molecule has 9 aromatic rings. The Bertz CT molecular complexity index is 2450. The van der Waals surface area contributed by atoms with Crippen molar-refractivity contribution in [3.05, 3.63) is 170 Å². The summed E-state index contributed by atoms with van der Waals surface area (Å²) in [6.45, 7) is 0. The molecule has 2 heteroatoms. The summed E-state index contributed by atoms with van der Waals surface area (Å²) in [6.07, 6.45) is 0. The molecule has 0 radical (unpaired) electrons. The van der Waals surface area contributed by atoms with Crippen LogP contribution in [0.15, 0.2) is 170 Å². The third kappa shape index (κ3) is 3.82. The van der Waals surface area contributed by atoms with Gasteiger partial charge < -0.3 is 9.47 Å². The molecule has 0 N–H and O–H groups in total. The molecule has 0 saturated carbocycles. The van der Waals surface area contributed by atoms with E-state index < -0.39 is 0 Å². The Kier molecular flexibility index (Phi) is 5.54. The fourth-order valence-corrected chi connectivity index (χ4v) is 6.96. The number of fused-ring (bicyclic) bond motifs is 8. The van der Waals surface area contributed by atoms with Gasteiger partial charge in [0.2, 0.25) is 0 Å². The number of anilines is 3. The lowest BCUT2D eigenvalue weighted by molar-refractivity contribution is 1.17. The average Bonchev–Trinajstić information content (AvgIpc) is 3.43. The van der Waals surface area contributed by atoms with Gasteiger partial charge in [-0.3, -0.25) is 0 Å². The van der Waals surface area contributed by atoms with E-state index in [4.69, 9.17) is 0 Å². The fraction of sp³-hybridized carbons (Fsp3) is 0. The summed E-state index contributed by atoms with van der Waals surface area (Å²) in [5.74, 6) is 0. The SMILES string of the molecule is c1ccc(N(c2cccc(-n3c4ccccc4c4ccccc43)c2)c2ccc3c(ccc4ccc5ccccc5c43)c2)cc1. The second kappa shape index (κ2) is 9.86.